The summed E-state index contributed by atoms with van der Waals surface area (Å²) in [4.78, 5) is 35.1. The lowest BCUT2D eigenvalue weighted by atomic mass is 9.99. The van der Waals surface area contributed by atoms with Crippen LogP contribution in [0.1, 0.15) is 46.0 Å². The van der Waals surface area contributed by atoms with E-state index in [1.807, 2.05) is 48.0 Å². The number of aliphatic carboxylic acids is 1. The van der Waals surface area contributed by atoms with Gasteiger partial charge in [0.2, 0.25) is 5.91 Å². The summed E-state index contributed by atoms with van der Waals surface area (Å²) in [5.74, 6) is -1.47. The van der Waals surface area contributed by atoms with Gasteiger partial charge in [-0.15, -0.1) is 0 Å². The fourth-order valence-electron chi connectivity index (χ4n) is 3.32. The summed E-state index contributed by atoms with van der Waals surface area (Å²) >= 11 is 1.56. The second-order valence-corrected chi connectivity index (χ2v) is 8.40. The molecular formula is C25H26N2O6S. The van der Waals surface area contributed by atoms with Crippen LogP contribution in [-0.2, 0) is 16.2 Å². The lowest BCUT2D eigenvalue weighted by Gasteiger charge is -2.23. The van der Waals surface area contributed by atoms with Gasteiger partial charge in [0.05, 0.1) is 12.1 Å². The van der Waals surface area contributed by atoms with Crippen molar-refractivity contribution in [2.24, 2.45) is 5.73 Å². The zero-order chi connectivity index (χ0) is 24.5. The first-order chi connectivity index (χ1) is 16.3. The Labute approximate surface area is 201 Å². The number of hydrogen-bond donors (Lipinski definition) is 3. The first kappa shape index (κ1) is 24.8. The average molecular weight is 483 g/mol. The molecule has 2 amide bonds. The van der Waals surface area contributed by atoms with Crippen molar-refractivity contribution >= 4 is 29.1 Å². The van der Waals surface area contributed by atoms with Gasteiger partial charge in [0, 0.05) is 12.5 Å². The Bertz CT molecular complexity index is 1150. The normalized spacial score (nSPS) is 11.4. The van der Waals surface area contributed by atoms with Gasteiger partial charge in [-0.2, -0.15) is 11.3 Å². The van der Waals surface area contributed by atoms with Crippen molar-refractivity contribution < 1.29 is 29.0 Å². The predicted octanol–water partition coefficient (Wildman–Crippen LogP) is 3.84. The number of aryl methyl sites for hydroxylation is 1. The van der Waals surface area contributed by atoms with Gasteiger partial charge in [-0.1, -0.05) is 24.3 Å². The van der Waals surface area contributed by atoms with Crippen LogP contribution >= 0.6 is 11.3 Å². The Morgan fingerprint density at radius 3 is 2.62 bits per heavy atom. The molecule has 2 aromatic carbocycles. The Morgan fingerprint density at radius 2 is 1.94 bits per heavy atom. The molecule has 0 unspecified atom stereocenters. The van der Waals surface area contributed by atoms with Gasteiger partial charge in [-0.25, -0.2) is 0 Å². The van der Waals surface area contributed by atoms with Gasteiger partial charge < -0.3 is 25.6 Å². The van der Waals surface area contributed by atoms with E-state index < -0.39 is 23.9 Å². The van der Waals surface area contributed by atoms with E-state index in [1.165, 1.54) is 0 Å². The van der Waals surface area contributed by atoms with E-state index in [-0.39, 0.29) is 30.7 Å². The van der Waals surface area contributed by atoms with Crippen molar-refractivity contribution in [2.45, 2.75) is 32.5 Å². The van der Waals surface area contributed by atoms with E-state index >= 15 is 0 Å². The molecule has 1 atom stereocenters. The SMILES string of the molecule is Cc1ccccc1[C@H](CCC(=O)O)Oc1cc(OCc2ccsc2)ccc1C(=O)NCC(N)=O. The Kier molecular flexibility index (Phi) is 8.64. The standard InChI is InChI=1S/C25H26N2O6S/c1-16-4-2-3-5-19(16)21(8-9-24(29)30)33-22-12-18(32-14-17-10-11-34-15-17)6-7-20(22)25(31)27-13-23(26)28/h2-7,10-12,15,21H,8-9,13-14H2,1H3,(H2,26,28)(H,27,31)(H,29,30)/t21-/m0/s1. The summed E-state index contributed by atoms with van der Waals surface area (Å²) in [6.07, 6.45) is -0.536. The van der Waals surface area contributed by atoms with E-state index in [0.29, 0.717) is 12.4 Å². The van der Waals surface area contributed by atoms with Crippen LogP contribution in [0.3, 0.4) is 0 Å². The largest absolute Gasteiger partial charge is 0.489 e. The van der Waals surface area contributed by atoms with Crippen molar-refractivity contribution in [1.29, 1.82) is 0 Å². The van der Waals surface area contributed by atoms with Crippen LogP contribution in [0.2, 0.25) is 0 Å². The number of carboxylic acids is 1. The summed E-state index contributed by atoms with van der Waals surface area (Å²) in [5.41, 5.74) is 8.09. The van der Waals surface area contributed by atoms with E-state index in [4.69, 9.17) is 15.2 Å². The molecule has 9 heteroatoms. The van der Waals surface area contributed by atoms with Crippen molar-refractivity contribution in [3.63, 3.8) is 0 Å². The summed E-state index contributed by atoms with van der Waals surface area (Å²) < 4.78 is 12.1. The second kappa shape index (κ2) is 11.9. The molecule has 0 fully saturated rings. The Morgan fingerprint density at radius 1 is 1.15 bits per heavy atom. The highest BCUT2D eigenvalue weighted by atomic mass is 32.1. The van der Waals surface area contributed by atoms with Crippen molar-refractivity contribution in [3.8, 4) is 11.5 Å². The number of amides is 2. The molecule has 1 aromatic heterocycles. The van der Waals surface area contributed by atoms with E-state index in [1.54, 1.807) is 29.5 Å². The molecule has 1 heterocycles. The minimum Gasteiger partial charge on any atom is -0.489 e. The third-order valence-electron chi connectivity index (χ3n) is 5.03. The van der Waals surface area contributed by atoms with Gasteiger partial charge in [0.15, 0.2) is 0 Å². The van der Waals surface area contributed by atoms with Gasteiger partial charge in [0.25, 0.3) is 5.91 Å². The van der Waals surface area contributed by atoms with E-state index in [0.717, 1.165) is 16.7 Å². The number of rotatable bonds is 12. The number of nitrogens with two attached hydrogens (primary N) is 1. The van der Waals surface area contributed by atoms with Crippen LogP contribution in [0, 0.1) is 6.92 Å². The zero-order valence-corrected chi connectivity index (χ0v) is 19.5. The Balaban J connectivity index is 1.92. The van der Waals surface area contributed by atoms with Gasteiger partial charge >= 0.3 is 5.97 Å². The van der Waals surface area contributed by atoms with Crippen LogP contribution < -0.4 is 20.5 Å². The van der Waals surface area contributed by atoms with Crippen LogP contribution in [-0.4, -0.2) is 29.4 Å². The van der Waals surface area contributed by atoms with E-state index in [2.05, 4.69) is 5.32 Å². The molecule has 0 radical (unpaired) electrons. The lowest BCUT2D eigenvalue weighted by molar-refractivity contribution is -0.137. The van der Waals surface area contributed by atoms with Gasteiger partial charge in [0.1, 0.15) is 24.2 Å². The fraction of sp³-hybridized carbons (Fsp3) is 0.240. The number of carbonyl (C=O) groups is 3. The number of carboxylic acid groups (broad SMARTS) is 1. The van der Waals surface area contributed by atoms with Crippen molar-refractivity contribution in [2.75, 3.05) is 6.54 Å². The molecule has 4 N–H and O–H groups in total. The summed E-state index contributed by atoms with van der Waals surface area (Å²) in [7, 11) is 0. The number of thiophene rings is 1. The minimum atomic E-state index is -0.950. The highest BCUT2D eigenvalue weighted by Crippen LogP contribution is 2.33. The third-order valence-corrected chi connectivity index (χ3v) is 5.76. The molecule has 0 saturated heterocycles. The molecule has 0 aliphatic carbocycles. The smallest absolute Gasteiger partial charge is 0.303 e. The monoisotopic (exact) mass is 482 g/mol. The van der Waals surface area contributed by atoms with Crippen LogP contribution in [0.4, 0.5) is 0 Å². The number of primary amides is 1. The maximum absolute atomic E-state index is 12.7. The number of carbonyl (C=O) groups excluding carboxylic acids is 2. The molecule has 0 bridgehead atoms. The molecule has 34 heavy (non-hydrogen) atoms. The topological polar surface area (TPSA) is 128 Å². The van der Waals surface area contributed by atoms with Crippen molar-refractivity contribution in [3.05, 3.63) is 81.5 Å². The number of nitrogens with one attached hydrogen (secondary N) is 1. The first-order valence-corrected chi connectivity index (χ1v) is 11.6. The molecule has 0 aliphatic heterocycles. The maximum atomic E-state index is 12.7. The molecule has 0 spiro atoms. The Hall–Kier alpha value is -3.85. The summed E-state index contributed by atoms with van der Waals surface area (Å²) in [6, 6.07) is 14.2. The quantitative estimate of drug-likeness (QED) is 0.360. The molecule has 178 valence electrons. The lowest BCUT2D eigenvalue weighted by Crippen LogP contribution is -2.33. The van der Waals surface area contributed by atoms with Crippen LogP contribution in [0.15, 0.2) is 59.3 Å². The molecule has 0 saturated carbocycles. The summed E-state index contributed by atoms with van der Waals surface area (Å²) in [5, 5.41) is 15.6. The van der Waals surface area contributed by atoms with Crippen molar-refractivity contribution in [1.82, 2.24) is 5.32 Å². The van der Waals surface area contributed by atoms with Crippen LogP contribution in [0.25, 0.3) is 0 Å². The maximum Gasteiger partial charge on any atom is 0.303 e. The first-order valence-electron chi connectivity index (χ1n) is 10.6. The highest BCUT2D eigenvalue weighted by molar-refractivity contribution is 7.07. The molecular weight excluding hydrogens is 456 g/mol. The zero-order valence-electron chi connectivity index (χ0n) is 18.7. The molecule has 8 nitrogen and oxygen atoms in total. The molecule has 3 rings (SSSR count). The van der Waals surface area contributed by atoms with Gasteiger partial charge in [-0.3, -0.25) is 14.4 Å². The molecule has 3 aromatic rings. The average Bonchev–Trinajstić information content (AvgIpc) is 3.33. The third kappa shape index (κ3) is 7.08. The number of benzene rings is 2. The summed E-state index contributed by atoms with van der Waals surface area (Å²) in [6.45, 7) is 1.93. The minimum absolute atomic E-state index is 0.115. The highest BCUT2D eigenvalue weighted by Gasteiger charge is 2.22. The van der Waals surface area contributed by atoms with E-state index in [9.17, 15) is 19.5 Å². The number of hydrogen-bond acceptors (Lipinski definition) is 6. The number of ether oxygens (including phenoxy) is 2. The fourth-order valence-corrected chi connectivity index (χ4v) is 3.97. The predicted molar refractivity (Wildman–Crippen MR) is 128 cm³/mol. The second-order valence-electron chi connectivity index (χ2n) is 7.62. The van der Waals surface area contributed by atoms with Gasteiger partial charge in [-0.05, 0) is 59.0 Å². The molecule has 0 aliphatic rings. The van der Waals surface area contributed by atoms with Crippen LogP contribution in [0.5, 0.6) is 11.5 Å².